The third-order valence-corrected chi connectivity index (χ3v) is 11.1. The summed E-state index contributed by atoms with van der Waals surface area (Å²) in [4.78, 5) is 70.2. The molecule has 3 aliphatic rings. The number of nitrogens with zero attached hydrogens (tertiary/aromatic N) is 1. The zero-order valence-electron chi connectivity index (χ0n) is 30.4. The lowest BCUT2D eigenvalue weighted by Crippen LogP contribution is -2.87. The van der Waals surface area contributed by atoms with Gasteiger partial charge in [-0.05, 0) is 54.9 Å². The van der Waals surface area contributed by atoms with Gasteiger partial charge in [0, 0.05) is 23.5 Å². The SMILES string of the molecule is C=CCNC(=O)C(=O)C(CC1CC1)NC(=O)[C@@H]1CCCN1C(=O)[C@@H](NC(=O)N[C@H](C[NH2+]Cc1ccccc1S)C(C)(C)C)C1(C)CCCCC1. The van der Waals surface area contributed by atoms with Gasteiger partial charge >= 0.3 is 6.03 Å². The largest absolute Gasteiger partial charge is 0.346 e. The second-order valence-corrected chi connectivity index (χ2v) is 16.3. The molecule has 5 amide bonds. The van der Waals surface area contributed by atoms with Crippen LogP contribution < -0.4 is 26.6 Å². The van der Waals surface area contributed by atoms with E-state index in [0.717, 1.165) is 61.9 Å². The number of carbonyl (C=O) groups excluding carboxylic acids is 5. The van der Waals surface area contributed by atoms with Crippen LogP contribution in [-0.4, -0.2) is 78.2 Å². The number of hydrogen-bond donors (Lipinski definition) is 6. The predicted octanol–water partition coefficient (Wildman–Crippen LogP) is 3.24. The van der Waals surface area contributed by atoms with E-state index in [2.05, 4.69) is 73.5 Å². The molecule has 0 radical (unpaired) electrons. The normalized spacial score (nSPS) is 20.6. The van der Waals surface area contributed by atoms with Crippen LogP contribution in [0.15, 0.2) is 41.8 Å². The van der Waals surface area contributed by atoms with Gasteiger partial charge in [0.15, 0.2) is 0 Å². The quantitative estimate of drug-likeness (QED) is 0.0884. The Labute approximate surface area is 303 Å². The van der Waals surface area contributed by atoms with Crippen LogP contribution in [0.2, 0.25) is 0 Å². The van der Waals surface area contributed by atoms with Crippen molar-refractivity contribution in [2.75, 3.05) is 19.6 Å². The maximum absolute atomic E-state index is 14.5. The molecule has 4 atom stereocenters. The van der Waals surface area contributed by atoms with E-state index in [-0.39, 0.29) is 29.8 Å². The summed E-state index contributed by atoms with van der Waals surface area (Å²) in [7, 11) is 0. The Morgan fingerprint density at radius 3 is 2.36 bits per heavy atom. The van der Waals surface area contributed by atoms with Crippen LogP contribution in [0, 0.1) is 16.7 Å². The highest BCUT2D eigenvalue weighted by atomic mass is 32.1. The first-order valence-corrected chi connectivity index (χ1v) is 18.9. The van der Waals surface area contributed by atoms with Gasteiger partial charge in [-0.2, -0.15) is 0 Å². The number of rotatable bonds is 16. The van der Waals surface area contributed by atoms with E-state index in [9.17, 15) is 24.0 Å². The number of nitrogens with one attached hydrogen (secondary N) is 4. The van der Waals surface area contributed by atoms with Gasteiger partial charge in [0.2, 0.25) is 17.6 Å². The van der Waals surface area contributed by atoms with Gasteiger partial charge in [-0.15, -0.1) is 19.2 Å². The fourth-order valence-corrected chi connectivity index (χ4v) is 7.55. The predicted molar refractivity (Wildman–Crippen MR) is 196 cm³/mol. The Kier molecular flexibility index (Phi) is 14.0. The summed E-state index contributed by atoms with van der Waals surface area (Å²) >= 11 is 4.57. The number of quaternary nitrogens is 1. The zero-order valence-corrected chi connectivity index (χ0v) is 31.3. The molecule has 1 aliphatic heterocycles. The highest BCUT2D eigenvalue weighted by molar-refractivity contribution is 7.80. The lowest BCUT2D eigenvalue weighted by Gasteiger charge is -2.42. The molecule has 1 saturated heterocycles. The van der Waals surface area contributed by atoms with Gasteiger partial charge in [0.05, 0.1) is 18.6 Å². The third-order valence-electron chi connectivity index (χ3n) is 10.7. The molecule has 1 heterocycles. The monoisotopic (exact) mass is 711 g/mol. The first kappa shape index (κ1) is 39.4. The minimum absolute atomic E-state index is 0.152. The minimum atomic E-state index is -0.958. The fraction of sp³-hybridized carbons (Fsp3) is 0.658. The van der Waals surface area contributed by atoms with E-state index in [0.29, 0.717) is 32.4 Å². The molecule has 0 spiro atoms. The molecule has 1 aromatic rings. The molecule has 3 fully saturated rings. The van der Waals surface area contributed by atoms with Crippen molar-refractivity contribution in [3.63, 3.8) is 0 Å². The second-order valence-electron chi connectivity index (χ2n) is 15.8. The average Bonchev–Trinajstić information content (AvgIpc) is 3.76. The standard InChI is InChI=1S/C38H58N6O5S/c1-6-20-40-34(47)31(45)27(22-25-16-17-25)41-33(46)28-14-12-21-44(28)35(48)32(38(5)18-10-7-11-19-38)43-36(49)42-30(37(2,3)4)24-39-23-26-13-8-9-15-29(26)50/h6,8-9,13,15,25,27-28,30,32,39,50H,1,7,10-12,14,16-24H2,2-5H3,(H,40,47)(H,41,46)(H2,42,43,49)/p+1/t27?,28-,30+,32+/m0/s1. The topological polar surface area (TPSA) is 153 Å². The lowest BCUT2D eigenvalue weighted by atomic mass is 9.70. The minimum Gasteiger partial charge on any atom is -0.346 e. The highest BCUT2D eigenvalue weighted by Crippen LogP contribution is 2.40. The number of likely N-dealkylation sites (tertiary alicyclic amines) is 1. The molecule has 0 bridgehead atoms. The average molecular weight is 712 g/mol. The summed E-state index contributed by atoms with van der Waals surface area (Å²) in [5.41, 5.74) is 0.383. The zero-order chi connectivity index (χ0) is 36.5. The van der Waals surface area contributed by atoms with Crippen LogP contribution in [0.4, 0.5) is 4.79 Å². The molecule has 0 aromatic heterocycles. The molecule has 2 aliphatic carbocycles. The highest BCUT2D eigenvalue weighted by Gasteiger charge is 2.47. The second kappa shape index (κ2) is 17.7. The smallest absolute Gasteiger partial charge is 0.315 e. The Morgan fingerprint density at radius 1 is 1.02 bits per heavy atom. The molecule has 2 saturated carbocycles. The number of benzene rings is 1. The number of carbonyl (C=O) groups is 5. The van der Waals surface area contributed by atoms with Crippen molar-refractivity contribution in [1.29, 1.82) is 0 Å². The number of urea groups is 1. The van der Waals surface area contributed by atoms with E-state index >= 15 is 0 Å². The van der Waals surface area contributed by atoms with Gasteiger partial charge in [0.25, 0.3) is 5.91 Å². The summed E-state index contributed by atoms with van der Waals surface area (Å²) in [5.74, 6) is -1.87. The van der Waals surface area contributed by atoms with Crippen LogP contribution in [0.3, 0.4) is 0 Å². The maximum Gasteiger partial charge on any atom is 0.315 e. The van der Waals surface area contributed by atoms with Gasteiger partial charge in [-0.3, -0.25) is 19.2 Å². The molecule has 1 aromatic carbocycles. The fourth-order valence-electron chi connectivity index (χ4n) is 7.30. The first-order valence-electron chi connectivity index (χ1n) is 18.4. The molecule has 6 N–H and O–H groups in total. The number of Topliss-reactive ketones (excluding diaryl/α,β-unsaturated/α-hetero) is 1. The summed E-state index contributed by atoms with van der Waals surface area (Å²) in [6.45, 7) is 13.8. The number of nitrogens with two attached hydrogens (primary N) is 1. The van der Waals surface area contributed by atoms with Crippen molar-refractivity contribution in [3.05, 3.63) is 42.5 Å². The molecule has 276 valence electrons. The summed E-state index contributed by atoms with van der Waals surface area (Å²) in [6.07, 6.45) is 9.41. The van der Waals surface area contributed by atoms with E-state index in [1.807, 2.05) is 24.3 Å². The van der Waals surface area contributed by atoms with Crippen molar-refractivity contribution < 1.29 is 29.3 Å². The van der Waals surface area contributed by atoms with Gasteiger partial charge in [-0.1, -0.05) is 84.1 Å². The Hall–Kier alpha value is -3.38. The van der Waals surface area contributed by atoms with Gasteiger partial charge in [0.1, 0.15) is 18.6 Å². The molecule has 11 nitrogen and oxygen atoms in total. The molecular formula is C38H59N6O5S+. The molecular weight excluding hydrogens is 653 g/mol. The van der Waals surface area contributed by atoms with Crippen molar-refractivity contribution in [1.82, 2.24) is 26.2 Å². The van der Waals surface area contributed by atoms with Crippen LogP contribution in [-0.2, 0) is 25.7 Å². The van der Waals surface area contributed by atoms with Crippen molar-refractivity contribution in [2.24, 2.45) is 16.7 Å². The van der Waals surface area contributed by atoms with Crippen LogP contribution >= 0.6 is 12.6 Å². The van der Waals surface area contributed by atoms with Crippen molar-refractivity contribution >= 4 is 42.2 Å². The van der Waals surface area contributed by atoms with E-state index in [4.69, 9.17) is 0 Å². The Balaban J connectivity index is 1.47. The number of ketones is 1. The molecule has 50 heavy (non-hydrogen) atoms. The van der Waals surface area contributed by atoms with Crippen molar-refractivity contribution in [3.8, 4) is 0 Å². The van der Waals surface area contributed by atoms with E-state index < -0.39 is 47.2 Å². The summed E-state index contributed by atoms with van der Waals surface area (Å²) in [6, 6.07) is 4.78. The summed E-state index contributed by atoms with van der Waals surface area (Å²) < 4.78 is 0. The maximum atomic E-state index is 14.5. The third kappa shape index (κ3) is 10.8. The van der Waals surface area contributed by atoms with Crippen LogP contribution in [0.5, 0.6) is 0 Å². The Morgan fingerprint density at radius 2 is 1.72 bits per heavy atom. The molecule has 1 unspecified atom stereocenters. The first-order chi connectivity index (χ1) is 23.7. The van der Waals surface area contributed by atoms with E-state index in [1.165, 1.54) is 6.08 Å². The Bertz CT molecular complexity index is 1390. The molecule has 4 rings (SSSR count). The van der Waals surface area contributed by atoms with Crippen LogP contribution in [0.25, 0.3) is 0 Å². The van der Waals surface area contributed by atoms with Gasteiger partial charge < -0.3 is 31.5 Å². The lowest BCUT2D eigenvalue weighted by molar-refractivity contribution is -0.674. The summed E-state index contributed by atoms with van der Waals surface area (Å²) in [5, 5.41) is 13.8. The van der Waals surface area contributed by atoms with E-state index in [1.54, 1.807) is 4.90 Å². The number of thiol groups is 1. The molecule has 12 heteroatoms. The van der Waals surface area contributed by atoms with Gasteiger partial charge in [-0.25, -0.2) is 4.79 Å². The number of hydrogen-bond acceptors (Lipinski definition) is 6. The van der Waals surface area contributed by atoms with Crippen molar-refractivity contribution in [2.45, 2.75) is 128 Å². The number of amides is 5. The van der Waals surface area contributed by atoms with Crippen LogP contribution in [0.1, 0.15) is 97.5 Å².